The van der Waals surface area contributed by atoms with Crippen molar-refractivity contribution in [2.45, 2.75) is 59.2 Å². The molecule has 0 radical (unpaired) electrons. The van der Waals surface area contributed by atoms with Gasteiger partial charge in [-0.3, -0.25) is 9.55 Å². The maximum absolute atomic E-state index is 8.84. The highest BCUT2D eigenvalue weighted by atomic mass is 16.5. The molecule has 0 unspecified atom stereocenters. The van der Waals surface area contributed by atoms with Crippen molar-refractivity contribution < 1.29 is 14.3 Å². The molecule has 6 heteroatoms. The minimum atomic E-state index is -2.82. The van der Waals surface area contributed by atoms with E-state index >= 15 is 0 Å². The molecule has 4 aromatic carbocycles. The van der Waals surface area contributed by atoms with Crippen molar-refractivity contribution >= 4 is 50.7 Å². The molecule has 6 nitrogen and oxygen atoms in total. The van der Waals surface area contributed by atoms with Crippen LogP contribution in [0.5, 0.6) is 11.5 Å². The Morgan fingerprint density at radius 2 is 1.42 bits per heavy atom. The molecule has 1 aliphatic heterocycles. The van der Waals surface area contributed by atoms with Gasteiger partial charge in [0.05, 0.1) is 28.1 Å². The van der Waals surface area contributed by atoms with Gasteiger partial charge in [0.15, 0.2) is 0 Å². The fraction of sp³-hybridized carbons (Fsp3) is 0.205. The van der Waals surface area contributed by atoms with E-state index in [-0.39, 0.29) is 16.5 Å². The highest BCUT2D eigenvalue weighted by molar-refractivity contribution is 6.07. The first kappa shape index (κ1) is 24.3. The van der Waals surface area contributed by atoms with Gasteiger partial charge in [0.1, 0.15) is 17.3 Å². The van der Waals surface area contributed by atoms with E-state index in [1.165, 1.54) is 4.58 Å². The Bertz CT molecular complexity index is 2850. The smallest absolute Gasteiger partial charge is 0.457 e. The third-order valence-electron chi connectivity index (χ3n) is 8.98. The van der Waals surface area contributed by atoms with E-state index in [9.17, 15) is 0 Å². The van der Waals surface area contributed by atoms with Crippen LogP contribution in [0.3, 0.4) is 0 Å². The Morgan fingerprint density at radius 1 is 0.680 bits per heavy atom. The summed E-state index contributed by atoms with van der Waals surface area (Å²) in [5, 5.41) is 0.962. The molecular formula is C44H41N5O+2. The van der Waals surface area contributed by atoms with Crippen LogP contribution in [-0.4, -0.2) is 20.5 Å². The van der Waals surface area contributed by atoms with E-state index in [4.69, 9.17) is 24.3 Å². The van der Waals surface area contributed by atoms with Crippen molar-refractivity contribution in [2.75, 3.05) is 0 Å². The van der Waals surface area contributed by atoms with Crippen LogP contribution in [0.2, 0.25) is 0 Å². The van der Waals surface area contributed by atoms with Crippen molar-refractivity contribution in [1.29, 1.82) is 0 Å². The Kier molecular flexibility index (Phi) is 5.66. The van der Waals surface area contributed by atoms with Gasteiger partial charge in [-0.15, -0.1) is 0 Å². The van der Waals surface area contributed by atoms with Gasteiger partial charge in [0, 0.05) is 58.2 Å². The van der Waals surface area contributed by atoms with Gasteiger partial charge in [-0.2, -0.15) is 0 Å². The van der Waals surface area contributed by atoms with Crippen LogP contribution in [0.15, 0.2) is 121 Å². The zero-order chi connectivity index (χ0) is 40.8. The Morgan fingerprint density at radius 3 is 2.14 bits per heavy atom. The maximum atomic E-state index is 8.84. The van der Waals surface area contributed by atoms with Gasteiger partial charge in [-0.25, -0.2) is 4.98 Å². The van der Waals surface area contributed by atoms with Gasteiger partial charge in [0.25, 0.3) is 11.4 Å². The molecule has 0 N–H and O–H groups in total. The summed E-state index contributed by atoms with van der Waals surface area (Å²) in [7, 11) is 0. The average Bonchev–Trinajstić information content (AvgIpc) is 3.69. The van der Waals surface area contributed by atoms with Crippen LogP contribution in [0, 0.1) is 6.85 Å². The second-order valence-electron chi connectivity index (χ2n) is 14.6. The molecule has 0 amide bonds. The van der Waals surface area contributed by atoms with Gasteiger partial charge in [0.2, 0.25) is 11.4 Å². The van der Waals surface area contributed by atoms with E-state index in [1.54, 1.807) is 16.8 Å². The van der Waals surface area contributed by atoms with E-state index in [0.29, 0.717) is 28.6 Å². The molecule has 3 aromatic heterocycles. The minimum Gasteiger partial charge on any atom is -0.457 e. The number of rotatable bonds is 5. The van der Waals surface area contributed by atoms with Gasteiger partial charge in [-0.1, -0.05) is 71.3 Å². The second-order valence-corrected chi connectivity index (χ2v) is 14.6. The van der Waals surface area contributed by atoms with Crippen LogP contribution in [0.1, 0.15) is 67.8 Å². The molecule has 7 aromatic rings. The molecule has 0 saturated carbocycles. The molecule has 1 aliphatic rings. The predicted octanol–water partition coefficient (Wildman–Crippen LogP) is 11.1. The minimum absolute atomic E-state index is 0.0765. The Balaban J connectivity index is 1.29. The standard InChI is InChI=1S/C44H41N5O/c1-29-14-16-32(17-15-29)47-28-48(38-12-9-8-11-37(38)47)33-23-31(44(5,6)7)24-35(26-33)50-34-18-19-36-40(27-34)49(39-13-10-21-46-42(36)39)41-25-30(20-22-45-41)43(2,3)4/h8-27H,1-7H3/q+2/i1D3,14D,15D,16D,17D. The molecule has 8 rings (SSSR count). The van der Waals surface area contributed by atoms with Crippen molar-refractivity contribution in [2.24, 2.45) is 0 Å². The van der Waals surface area contributed by atoms with Gasteiger partial charge < -0.3 is 4.74 Å². The third-order valence-corrected chi connectivity index (χ3v) is 8.98. The Labute approximate surface area is 303 Å². The fourth-order valence-electron chi connectivity index (χ4n) is 6.30. The number of pyridine rings is 2. The first-order valence-corrected chi connectivity index (χ1v) is 16.6. The summed E-state index contributed by atoms with van der Waals surface area (Å²) in [5.74, 6) is 1.95. The number of aromatic nitrogens is 3. The van der Waals surface area contributed by atoms with Gasteiger partial charge in [-0.05, 0) is 80.4 Å². The first-order valence-electron chi connectivity index (χ1n) is 20.1. The van der Waals surface area contributed by atoms with Crippen molar-refractivity contribution in [3.05, 3.63) is 138 Å². The summed E-state index contributed by atoms with van der Waals surface area (Å²) in [4.78, 5) is 9.54. The zero-order valence-electron chi connectivity index (χ0n) is 35.9. The lowest BCUT2D eigenvalue weighted by molar-refractivity contribution is 0.479. The summed E-state index contributed by atoms with van der Waals surface area (Å²) in [5.41, 5.74) is 5.64. The molecule has 0 atom stereocenters. The van der Waals surface area contributed by atoms with Crippen molar-refractivity contribution in [3.63, 3.8) is 0 Å². The number of fused-ring (bicyclic) bond motifs is 4. The number of nitrogens with zero attached hydrogens (tertiary/aromatic N) is 5. The van der Waals surface area contributed by atoms with Crippen LogP contribution >= 0.6 is 0 Å². The molecule has 0 aliphatic carbocycles. The van der Waals surface area contributed by atoms with Crippen LogP contribution < -0.4 is 13.9 Å². The SMILES string of the molecule is [2H]c1c([2H])c(C([2H])([2H])[2H])c([2H])c([2H])c1[N+]1=C=[N+](c2cc(Oc3ccc4c5ncccc5n(-c5cc(C(C)(C)C)ccn5)c4c3)cc(C(C)(C)C)c2)c2ccccc21. The molecule has 0 fully saturated rings. The first-order chi connectivity index (χ1) is 26.8. The lowest BCUT2D eigenvalue weighted by Gasteiger charge is -2.20. The molecular weight excluding hydrogens is 615 g/mol. The number of para-hydroxylation sites is 2. The summed E-state index contributed by atoms with van der Waals surface area (Å²) in [6.45, 7) is 10.1. The topological polar surface area (TPSA) is 46.0 Å². The number of benzene rings is 4. The molecule has 0 bridgehead atoms. The van der Waals surface area contributed by atoms with Crippen LogP contribution in [0.25, 0.3) is 27.8 Å². The van der Waals surface area contributed by atoms with Gasteiger partial charge >= 0.3 is 6.01 Å². The lowest BCUT2D eigenvalue weighted by atomic mass is 9.86. The summed E-state index contributed by atoms with van der Waals surface area (Å²) in [6.07, 6.45) is 3.63. The summed E-state index contributed by atoms with van der Waals surface area (Å²) >= 11 is 0. The van der Waals surface area contributed by atoms with E-state index in [0.717, 1.165) is 38.9 Å². The number of hydrogen-bond acceptors (Lipinski definition) is 3. The van der Waals surface area contributed by atoms with Crippen LogP contribution in [-0.2, 0) is 10.8 Å². The zero-order valence-corrected chi connectivity index (χ0v) is 28.9. The van der Waals surface area contributed by atoms with E-state index < -0.39 is 36.6 Å². The predicted molar refractivity (Wildman–Crippen MR) is 206 cm³/mol. The lowest BCUT2D eigenvalue weighted by Crippen LogP contribution is -2.12. The molecule has 246 valence electrons. The molecule has 0 saturated heterocycles. The number of hydrogen-bond donors (Lipinski definition) is 0. The van der Waals surface area contributed by atoms with Crippen molar-refractivity contribution in [3.8, 4) is 17.3 Å². The molecule has 4 heterocycles. The van der Waals surface area contributed by atoms with Crippen molar-refractivity contribution in [1.82, 2.24) is 23.7 Å². The monoisotopic (exact) mass is 662 g/mol. The fourth-order valence-corrected chi connectivity index (χ4v) is 6.30. The average molecular weight is 663 g/mol. The summed E-state index contributed by atoms with van der Waals surface area (Å²) < 4.78 is 70.5. The third kappa shape index (κ3) is 5.58. The quantitative estimate of drug-likeness (QED) is 0.172. The highest BCUT2D eigenvalue weighted by Gasteiger charge is 2.37. The number of ether oxygens (including phenoxy) is 1. The molecule has 0 spiro atoms. The van der Waals surface area contributed by atoms with Crippen LogP contribution in [0.4, 0.5) is 22.7 Å². The van der Waals surface area contributed by atoms with E-state index in [1.807, 2.05) is 79.0 Å². The Hall–Kier alpha value is -5.84. The normalized spacial score (nSPS) is 15.3. The highest BCUT2D eigenvalue weighted by Crippen LogP contribution is 2.40. The second kappa shape index (κ2) is 11.6. The largest absolute Gasteiger partial charge is 0.503 e. The summed E-state index contributed by atoms with van der Waals surface area (Å²) in [6, 6.07) is 28.5. The molecule has 50 heavy (non-hydrogen) atoms. The maximum Gasteiger partial charge on any atom is 0.503 e. The van der Waals surface area contributed by atoms with E-state index in [2.05, 4.69) is 58.2 Å².